The first-order valence-electron chi connectivity index (χ1n) is 9.82. The summed E-state index contributed by atoms with van der Waals surface area (Å²) in [6.45, 7) is 2.70. The van der Waals surface area contributed by atoms with E-state index >= 15 is 0 Å². The maximum absolute atomic E-state index is 12.6. The Labute approximate surface area is 203 Å². The first kappa shape index (κ1) is 23.6. The average molecular weight is 556 g/mol. The Kier molecular flexibility index (Phi) is 8.48. The number of hydrogen-bond donors (Lipinski definition) is 1. The van der Waals surface area contributed by atoms with Crippen molar-refractivity contribution in [2.45, 2.75) is 13.5 Å². The molecule has 0 fully saturated rings. The average Bonchev–Trinajstić information content (AvgIpc) is 2.79. The number of amides is 1. The lowest BCUT2D eigenvalue weighted by molar-refractivity contribution is -0.112. The maximum Gasteiger partial charge on any atom is 0.266 e. The van der Waals surface area contributed by atoms with Crippen LogP contribution in [0.2, 0.25) is 0 Å². The number of ether oxygens (including phenoxy) is 2. The fraction of sp³-hybridized carbons (Fsp3) is 0.120. The Balaban J connectivity index is 1.86. The van der Waals surface area contributed by atoms with Gasteiger partial charge in [-0.2, -0.15) is 5.26 Å². The summed E-state index contributed by atoms with van der Waals surface area (Å²) in [5, 5.41) is 12.3. The van der Waals surface area contributed by atoms with Crippen LogP contribution in [-0.2, 0) is 11.4 Å². The van der Waals surface area contributed by atoms with Crippen LogP contribution in [0.4, 0.5) is 5.69 Å². The lowest BCUT2D eigenvalue weighted by atomic mass is 10.1. The van der Waals surface area contributed by atoms with Crippen LogP contribution < -0.4 is 14.8 Å². The Morgan fingerprint density at radius 2 is 1.75 bits per heavy atom. The molecule has 0 unspecified atom stereocenters. The molecule has 0 atom stereocenters. The van der Waals surface area contributed by atoms with E-state index in [-0.39, 0.29) is 5.57 Å². The van der Waals surface area contributed by atoms with Gasteiger partial charge in [-0.25, -0.2) is 0 Å². The predicted molar refractivity (Wildman–Crippen MR) is 132 cm³/mol. The van der Waals surface area contributed by atoms with Crippen molar-refractivity contribution >= 4 is 49.5 Å². The SMILES string of the molecule is CCOc1cc(/C=C(\C#N)C(=O)Nc2ccccc2Br)cc(Br)c1OCc1ccccc1. The molecule has 3 aromatic rings. The zero-order valence-corrected chi connectivity index (χ0v) is 20.4. The highest BCUT2D eigenvalue weighted by molar-refractivity contribution is 9.11. The molecular formula is C25H20Br2N2O3. The number of halogens is 2. The summed E-state index contributed by atoms with van der Waals surface area (Å²) < 4.78 is 13.1. The van der Waals surface area contributed by atoms with E-state index in [0.29, 0.717) is 40.4 Å². The molecule has 0 spiro atoms. The number of para-hydroxylation sites is 1. The third-order valence-electron chi connectivity index (χ3n) is 4.36. The van der Waals surface area contributed by atoms with Crippen LogP contribution in [-0.4, -0.2) is 12.5 Å². The second-order valence-corrected chi connectivity index (χ2v) is 8.35. The van der Waals surface area contributed by atoms with Crippen molar-refractivity contribution in [3.05, 3.63) is 92.4 Å². The number of carbonyl (C=O) groups is 1. The number of anilines is 1. The fourth-order valence-corrected chi connectivity index (χ4v) is 3.83. The topological polar surface area (TPSA) is 71.3 Å². The van der Waals surface area contributed by atoms with E-state index in [1.807, 2.05) is 55.5 Å². The molecular weight excluding hydrogens is 536 g/mol. The molecule has 162 valence electrons. The lowest BCUT2D eigenvalue weighted by Gasteiger charge is -2.15. The van der Waals surface area contributed by atoms with Gasteiger partial charge in [0.1, 0.15) is 18.2 Å². The Hall–Kier alpha value is -3.08. The minimum Gasteiger partial charge on any atom is -0.490 e. The quantitative estimate of drug-likeness (QED) is 0.247. The van der Waals surface area contributed by atoms with Crippen LogP contribution >= 0.6 is 31.9 Å². The molecule has 7 heteroatoms. The van der Waals surface area contributed by atoms with Gasteiger partial charge in [-0.15, -0.1) is 0 Å². The summed E-state index contributed by atoms with van der Waals surface area (Å²) in [6, 6.07) is 22.5. The van der Waals surface area contributed by atoms with Gasteiger partial charge in [0.15, 0.2) is 11.5 Å². The fourth-order valence-electron chi connectivity index (χ4n) is 2.87. The molecule has 32 heavy (non-hydrogen) atoms. The molecule has 0 aliphatic rings. The molecule has 0 saturated carbocycles. The van der Waals surface area contributed by atoms with E-state index in [1.54, 1.807) is 24.3 Å². The van der Waals surface area contributed by atoms with Crippen LogP contribution in [0, 0.1) is 11.3 Å². The summed E-state index contributed by atoms with van der Waals surface area (Å²) >= 11 is 6.91. The molecule has 0 saturated heterocycles. The smallest absolute Gasteiger partial charge is 0.266 e. The Morgan fingerprint density at radius 1 is 1.03 bits per heavy atom. The largest absolute Gasteiger partial charge is 0.490 e. The number of nitriles is 1. The van der Waals surface area contributed by atoms with Gasteiger partial charge in [0.25, 0.3) is 5.91 Å². The second kappa shape index (κ2) is 11.5. The summed E-state index contributed by atoms with van der Waals surface area (Å²) in [5.41, 5.74) is 2.21. The number of carbonyl (C=O) groups excluding carboxylic acids is 1. The zero-order chi connectivity index (χ0) is 22.9. The van der Waals surface area contributed by atoms with Crippen molar-refractivity contribution in [1.82, 2.24) is 0 Å². The van der Waals surface area contributed by atoms with E-state index in [2.05, 4.69) is 37.2 Å². The zero-order valence-electron chi connectivity index (χ0n) is 17.3. The highest BCUT2D eigenvalue weighted by Gasteiger charge is 2.15. The Bertz CT molecular complexity index is 1170. The number of nitrogens with zero attached hydrogens (tertiary/aromatic N) is 1. The molecule has 1 N–H and O–H groups in total. The minimum atomic E-state index is -0.502. The molecule has 0 aromatic heterocycles. The molecule has 0 radical (unpaired) electrons. The van der Waals surface area contributed by atoms with Crippen molar-refractivity contribution in [2.75, 3.05) is 11.9 Å². The van der Waals surface area contributed by atoms with E-state index < -0.39 is 5.91 Å². The molecule has 0 aliphatic heterocycles. The predicted octanol–water partition coefficient (Wildman–Crippen LogP) is 6.73. The normalized spacial score (nSPS) is 10.9. The first-order valence-corrected chi connectivity index (χ1v) is 11.4. The van der Waals surface area contributed by atoms with Crippen molar-refractivity contribution in [2.24, 2.45) is 0 Å². The van der Waals surface area contributed by atoms with Gasteiger partial charge in [0.2, 0.25) is 0 Å². The third-order valence-corrected chi connectivity index (χ3v) is 5.64. The minimum absolute atomic E-state index is 0.0342. The second-order valence-electron chi connectivity index (χ2n) is 6.64. The summed E-state index contributed by atoms with van der Waals surface area (Å²) in [6.07, 6.45) is 1.51. The summed E-state index contributed by atoms with van der Waals surface area (Å²) in [4.78, 5) is 12.6. The van der Waals surface area contributed by atoms with Crippen LogP contribution in [0.1, 0.15) is 18.1 Å². The number of benzene rings is 3. The Morgan fingerprint density at radius 3 is 2.44 bits per heavy atom. The van der Waals surface area contributed by atoms with Gasteiger partial charge in [-0.3, -0.25) is 4.79 Å². The van der Waals surface area contributed by atoms with Gasteiger partial charge in [0, 0.05) is 4.47 Å². The monoisotopic (exact) mass is 554 g/mol. The molecule has 5 nitrogen and oxygen atoms in total. The van der Waals surface area contributed by atoms with Crippen LogP contribution in [0.15, 0.2) is 81.2 Å². The van der Waals surface area contributed by atoms with Crippen LogP contribution in [0.5, 0.6) is 11.5 Å². The van der Waals surface area contributed by atoms with E-state index in [4.69, 9.17) is 9.47 Å². The van der Waals surface area contributed by atoms with Crippen molar-refractivity contribution in [3.8, 4) is 17.6 Å². The third kappa shape index (κ3) is 6.22. The standard InChI is InChI=1S/C25H20Br2N2O3/c1-2-31-23-14-18(13-21(27)24(23)32-16-17-8-4-3-5-9-17)12-19(15-28)25(30)29-22-11-7-6-10-20(22)26/h3-14H,2,16H2,1H3,(H,29,30)/b19-12+. The molecule has 0 bridgehead atoms. The van der Waals surface area contributed by atoms with Gasteiger partial charge >= 0.3 is 0 Å². The maximum atomic E-state index is 12.6. The molecule has 3 aromatic carbocycles. The number of nitrogens with one attached hydrogen (secondary N) is 1. The van der Waals surface area contributed by atoms with Gasteiger partial charge < -0.3 is 14.8 Å². The lowest BCUT2D eigenvalue weighted by Crippen LogP contribution is -2.13. The highest BCUT2D eigenvalue weighted by atomic mass is 79.9. The number of hydrogen-bond acceptors (Lipinski definition) is 4. The molecule has 3 rings (SSSR count). The van der Waals surface area contributed by atoms with Gasteiger partial charge in [-0.1, -0.05) is 42.5 Å². The molecule has 1 amide bonds. The molecule has 0 heterocycles. The van der Waals surface area contributed by atoms with Gasteiger partial charge in [0.05, 0.1) is 16.8 Å². The van der Waals surface area contributed by atoms with E-state index in [1.165, 1.54) is 6.08 Å². The molecule has 0 aliphatic carbocycles. The van der Waals surface area contributed by atoms with Crippen molar-refractivity contribution in [3.63, 3.8) is 0 Å². The number of rotatable bonds is 8. The van der Waals surface area contributed by atoms with Crippen molar-refractivity contribution in [1.29, 1.82) is 5.26 Å². The van der Waals surface area contributed by atoms with Crippen LogP contribution in [0.25, 0.3) is 6.08 Å². The van der Waals surface area contributed by atoms with E-state index in [0.717, 1.165) is 10.0 Å². The summed E-state index contributed by atoms with van der Waals surface area (Å²) in [5.74, 6) is 0.578. The van der Waals surface area contributed by atoms with E-state index in [9.17, 15) is 10.1 Å². The van der Waals surface area contributed by atoms with Crippen molar-refractivity contribution < 1.29 is 14.3 Å². The first-order chi connectivity index (χ1) is 15.5. The van der Waals surface area contributed by atoms with Crippen LogP contribution in [0.3, 0.4) is 0 Å². The van der Waals surface area contributed by atoms with Gasteiger partial charge in [-0.05, 0) is 80.3 Å². The highest BCUT2D eigenvalue weighted by Crippen LogP contribution is 2.38. The summed E-state index contributed by atoms with van der Waals surface area (Å²) in [7, 11) is 0.